The van der Waals surface area contributed by atoms with Gasteiger partial charge < -0.3 is 4.90 Å². The van der Waals surface area contributed by atoms with Crippen LogP contribution in [0.5, 0.6) is 0 Å². The van der Waals surface area contributed by atoms with Crippen molar-refractivity contribution >= 4 is 21.7 Å². The molecular formula is C15H13BrN4. The van der Waals surface area contributed by atoms with Crippen LogP contribution in [0.3, 0.4) is 0 Å². The van der Waals surface area contributed by atoms with Gasteiger partial charge in [0.15, 0.2) is 11.5 Å². The van der Waals surface area contributed by atoms with Crippen molar-refractivity contribution in [3.8, 4) is 6.07 Å². The van der Waals surface area contributed by atoms with Gasteiger partial charge in [0.05, 0.1) is 0 Å². The van der Waals surface area contributed by atoms with Crippen LogP contribution in [0.25, 0.3) is 0 Å². The molecule has 1 aromatic heterocycles. The zero-order valence-corrected chi connectivity index (χ0v) is 12.4. The summed E-state index contributed by atoms with van der Waals surface area (Å²) in [5.74, 6) is 0.839. The molecule has 5 heteroatoms. The number of hydrogen-bond acceptors (Lipinski definition) is 4. The monoisotopic (exact) mass is 328 g/mol. The second-order valence-electron chi connectivity index (χ2n) is 4.88. The second kappa shape index (κ2) is 5.59. The average molecular weight is 329 g/mol. The lowest BCUT2D eigenvalue weighted by Gasteiger charge is -2.23. The minimum atomic E-state index is 0.354. The number of nitriles is 1. The van der Waals surface area contributed by atoms with Crippen LogP contribution in [-0.4, -0.2) is 16.2 Å². The standard InChI is InChI=1S/C15H13BrN4/c16-12-3-1-2-11(8-12)10-20(14-5-6-14)15-7-4-13(9-17)18-19-15/h1-4,7-8,14H,5-6,10H2. The van der Waals surface area contributed by atoms with Crippen LogP contribution in [0, 0.1) is 11.3 Å². The Labute approximate surface area is 126 Å². The zero-order valence-electron chi connectivity index (χ0n) is 10.8. The molecule has 0 atom stereocenters. The van der Waals surface area contributed by atoms with Crippen molar-refractivity contribution in [2.24, 2.45) is 0 Å². The highest BCUT2D eigenvalue weighted by Gasteiger charge is 2.30. The van der Waals surface area contributed by atoms with Crippen LogP contribution in [0.15, 0.2) is 40.9 Å². The quantitative estimate of drug-likeness (QED) is 0.864. The number of halogens is 1. The molecule has 0 spiro atoms. The minimum absolute atomic E-state index is 0.354. The lowest BCUT2D eigenvalue weighted by atomic mass is 10.2. The maximum absolute atomic E-state index is 8.78. The van der Waals surface area contributed by atoms with Crippen LogP contribution in [-0.2, 0) is 6.54 Å². The van der Waals surface area contributed by atoms with Crippen molar-refractivity contribution in [3.05, 3.63) is 52.1 Å². The first-order valence-electron chi connectivity index (χ1n) is 6.51. The van der Waals surface area contributed by atoms with Crippen molar-refractivity contribution in [2.75, 3.05) is 4.90 Å². The number of hydrogen-bond donors (Lipinski definition) is 0. The van der Waals surface area contributed by atoms with Gasteiger partial charge in [0.25, 0.3) is 0 Å². The molecule has 20 heavy (non-hydrogen) atoms. The summed E-state index contributed by atoms with van der Waals surface area (Å²) in [6, 6.07) is 14.4. The highest BCUT2D eigenvalue weighted by molar-refractivity contribution is 9.10. The van der Waals surface area contributed by atoms with Gasteiger partial charge in [-0.15, -0.1) is 10.2 Å². The SMILES string of the molecule is N#Cc1ccc(N(Cc2cccc(Br)c2)C2CC2)nn1. The van der Waals surface area contributed by atoms with E-state index in [4.69, 9.17) is 5.26 Å². The number of aromatic nitrogens is 2. The van der Waals surface area contributed by atoms with Crippen LogP contribution >= 0.6 is 15.9 Å². The molecule has 0 bridgehead atoms. The first-order chi connectivity index (χ1) is 9.76. The van der Waals surface area contributed by atoms with E-state index in [9.17, 15) is 0 Å². The topological polar surface area (TPSA) is 52.8 Å². The van der Waals surface area contributed by atoms with E-state index in [-0.39, 0.29) is 0 Å². The smallest absolute Gasteiger partial charge is 0.163 e. The predicted molar refractivity (Wildman–Crippen MR) is 80.1 cm³/mol. The van der Waals surface area contributed by atoms with E-state index >= 15 is 0 Å². The van der Waals surface area contributed by atoms with Gasteiger partial charge in [0.1, 0.15) is 6.07 Å². The maximum Gasteiger partial charge on any atom is 0.163 e. The molecule has 4 nitrogen and oxygen atoms in total. The first-order valence-corrected chi connectivity index (χ1v) is 7.30. The van der Waals surface area contributed by atoms with Gasteiger partial charge in [-0.3, -0.25) is 0 Å². The molecule has 0 saturated heterocycles. The molecule has 1 aliphatic carbocycles. The third kappa shape index (κ3) is 2.97. The van der Waals surface area contributed by atoms with Gasteiger partial charge >= 0.3 is 0 Å². The number of anilines is 1. The molecule has 0 N–H and O–H groups in total. The van der Waals surface area contributed by atoms with Gasteiger partial charge in [-0.2, -0.15) is 5.26 Å². The molecule has 1 saturated carbocycles. The summed E-state index contributed by atoms with van der Waals surface area (Å²) in [5, 5.41) is 16.9. The Morgan fingerprint density at radius 2 is 2.10 bits per heavy atom. The van der Waals surface area contributed by atoms with Gasteiger partial charge in [-0.1, -0.05) is 28.1 Å². The Kier molecular flexibility index (Phi) is 3.66. The largest absolute Gasteiger partial charge is 0.348 e. The average Bonchev–Trinajstić information content (AvgIpc) is 3.30. The number of benzene rings is 1. The minimum Gasteiger partial charge on any atom is -0.348 e. The van der Waals surface area contributed by atoms with Crippen LogP contribution in [0.4, 0.5) is 5.82 Å². The van der Waals surface area contributed by atoms with E-state index < -0.39 is 0 Å². The Morgan fingerprint density at radius 1 is 1.25 bits per heavy atom. The van der Waals surface area contributed by atoms with E-state index in [2.05, 4.69) is 43.2 Å². The van der Waals surface area contributed by atoms with Gasteiger partial charge in [-0.25, -0.2) is 0 Å². The third-order valence-electron chi connectivity index (χ3n) is 3.29. The maximum atomic E-state index is 8.78. The number of rotatable bonds is 4. The van der Waals surface area contributed by atoms with Gasteiger partial charge in [0, 0.05) is 17.1 Å². The Hall–Kier alpha value is -1.93. The molecule has 1 fully saturated rings. The summed E-state index contributed by atoms with van der Waals surface area (Å²) in [6.07, 6.45) is 2.38. The van der Waals surface area contributed by atoms with Crippen LogP contribution in [0.1, 0.15) is 24.1 Å². The van der Waals surface area contributed by atoms with E-state index in [0.717, 1.165) is 16.8 Å². The molecule has 1 heterocycles. The molecule has 0 amide bonds. The second-order valence-corrected chi connectivity index (χ2v) is 5.79. The van der Waals surface area contributed by atoms with Crippen molar-refractivity contribution in [1.82, 2.24) is 10.2 Å². The van der Waals surface area contributed by atoms with E-state index in [1.54, 1.807) is 6.07 Å². The normalized spacial score (nSPS) is 13.8. The molecule has 1 aromatic carbocycles. The zero-order chi connectivity index (χ0) is 13.9. The fourth-order valence-corrected chi connectivity index (χ4v) is 2.60. The van der Waals surface area contributed by atoms with Crippen molar-refractivity contribution in [3.63, 3.8) is 0 Å². The summed E-state index contributed by atoms with van der Waals surface area (Å²) in [6.45, 7) is 0.810. The fraction of sp³-hybridized carbons (Fsp3) is 0.267. The Balaban J connectivity index is 1.83. The van der Waals surface area contributed by atoms with E-state index in [1.807, 2.05) is 24.3 Å². The van der Waals surface area contributed by atoms with Crippen molar-refractivity contribution in [2.45, 2.75) is 25.4 Å². The summed E-state index contributed by atoms with van der Waals surface area (Å²) >= 11 is 3.50. The molecule has 100 valence electrons. The molecular weight excluding hydrogens is 316 g/mol. The summed E-state index contributed by atoms with van der Waals surface area (Å²) in [5.41, 5.74) is 1.59. The molecule has 0 aliphatic heterocycles. The fourth-order valence-electron chi connectivity index (χ4n) is 2.15. The molecule has 0 unspecified atom stereocenters. The molecule has 1 aliphatic rings. The van der Waals surface area contributed by atoms with Crippen LogP contribution < -0.4 is 4.90 Å². The summed E-state index contributed by atoms with van der Waals surface area (Å²) in [7, 11) is 0. The summed E-state index contributed by atoms with van der Waals surface area (Å²) < 4.78 is 1.08. The lowest BCUT2D eigenvalue weighted by Crippen LogP contribution is -2.26. The molecule has 3 rings (SSSR count). The highest BCUT2D eigenvalue weighted by Crippen LogP contribution is 2.32. The van der Waals surface area contributed by atoms with E-state index in [0.29, 0.717) is 11.7 Å². The van der Waals surface area contributed by atoms with Gasteiger partial charge in [-0.05, 0) is 42.7 Å². The lowest BCUT2D eigenvalue weighted by molar-refractivity contribution is 0.762. The van der Waals surface area contributed by atoms with Crippen LogP contribution in [0.2, 0.25) is 0 Å². The highest BCUT2D eigenvalue weighted by atomic mass is 79.9. The van der Waals surface area contributed by atoms with Crippen molar-refractivity contribution < 1.29 is 0 Å². The first kappa shape index (κ1) is 13.1. The summed E-state index contributed by atoms with van der Waals surface area (Å²) in [4.78, 5) is 2.26. The molecule has 2 aromatic rings. The molecule has 0 radical (unpaired) electrons. The Bertz CT molecular complexity index is 644. The predicted octanol–water partition coefficient (Wildman–Crippen LogP) is 3.28. The van der Waals surface area contributed by atoms with E-state index in [1.165, 1.54) is 18.4 Å². The van der Waals surface area contributed by atoms with Gasteiger partial charge in [0.2, 0.25) is 0 Å². The van der Waals surface area contributed by atoms with Crippen molar-refractivity contribution in [1.29, 1.82) is 5.26 Å². The Morgan fingerprint density at radius 3 is 2.70 bits per heavy atom. The number of nitrogens with zero attached hydrogens (tertiary/aromatic N) is 4. The third-order valence-corrected chi connectivity index (χ3v) is 3.78.